The van der Waals surface area contributed by atoms with Crippen LogP contribution in [0.2, 0.25) is 0 Å². The van der Waals surface area contributed by atoms with E-state index in [1.165, 1.54) is 0 Å². The molecule has 6 aromatic carbocycles. The lowest BCUT2D eigenvalue weighted by molar-refractivity contribution is 0.0884. The Hall–Kier alpha value is -6.60. The third-order valence-corrected chi connectivity index (χ3v) is 10.5. The van der Waals surface area contributed by atoms with Crippen LogP contribution < -0.4 is 18.9 Å². The Morgan fingerprint density at radius 2 is 1.04 bits per heavy atom. The van der Waals surface area contributed by atoms with Gasteiger partial charge in [0.1, 0.15) is 60.9 Å². The molecule has 272 valence electrons. The zero-order valence-corrected chi connectivity index (χ0v) is 30.3. The van der Waals surface area contributed by atoms with Crippen molar-refractivity contribution in [1.82, 2.24) is 5.16 Å². The van der Waals surface area contributed by atoms with Crippen LogP contribution in [0, 0.1) is 0 Å². The van der Waals surface area contributed by atoms with Crippen molar-refractivity contribution in [2.75, 3.05) is 0 Å². The van der Waals surface area contributed by atoms with E-state index in [2.05, 4.69) is 0 Å². The number of aryl methyl sites for hydroxylation is 1. The molecule has 0 radical (unpaired) electrons. The lowest BCUT2D eigenvalue weighted by Crippen LogP contribution is -2.43. The number of Topliss-reactive ketones (excluding diaryl/α,β-unsaturated/α-hetero) is 1. The van der Waals surface area contributed by atoms with Crippen LogP contribution in [0.5, 0.6) is 23.0 Å². The van der Waals surface area contributed by atoms with Gasteiger partial charge in [-0.1, -0.05) is 139 Å². The SMILES string of the molecule is O=C1c2cccc(OCc3ccccc3)c2-c2noc3c2C1(c1c(OCc2ccccc2)cc(OCc2ccccc2)cc1OCc1ccccc1)CCC3. The van der Waals surface area contributed by atoms with E-state index in [9.17, 15) is 0 Å². The summed E-state index contributed by atoms with van der Waals surface area (Å²) in [5.74, 6) is 2.77. The molecule has 1 heterocycles. The lowest BCUT2D eigenvalue weighted by atomic mass is 9.59. The number of benzene rings is 6. The fourth-order valence-electron chi connectivity index (χ4n) is 7.89. The van der Waals surface area contributed by atoms with E-state index in [0.29, 0.717) is 83.6 Å². The summed E-state index contributed by atoms with van der Waals surface area (Å²) < 4.78 is 32.6. The standard InChI is InChI=1S/C48H39NO6/c50-47-38-23-13-24-39(52-30-34-17-7-2-8-18-34)43(38)46-45-40(55-49-46)25-14-26-48(45,47)44-41(53-31-35-19-9-3-10-20-35)27-37(51-29-33-15-5-1-6-16-33)28-42(44)54-32-36-21-11-4-12-22-36/h1-13,15-24,27-28H,14,25-26,29-32H2. The molecule has 0 bridgehead atoms. The zero-order chi connectivity index (χ0) is 37.0. The number of carbonyl (C=O) groups excluding carboxylic acids is 1. The Kier molecular flexibility index (Phi) is 9.34. The van der Waals surface area contributed by atoms with Gasteiger partial charge in [0.15, 0.2) is 5.78 Å². The van der Waals surface area contributed by atoms with E-state index in [-0.39, 0.29) is 19.0 Å². The predicted molar refractivity (Wildman–Crippen MR) is 210 cm³/mol. The van der Waals surface area contributed by atoms with Crippen molar-refractivity contribution in [2.45, 2.75) is 51.1 Å². The second-order valence-corrected chi connectivity index (χ2v) is 14.0. The maximum absolute atomic E-state index is 15.6. The average molecular weight is 726 g/mol. The molecule has 0 fully saturated rings. The first-order valence-electron chi connectivity index (χ1n) is 18.7. The van der Waals surface area contributed by atoms with Gasteiger partial charge in [0, 0.05) is 29.7 Å². The van der Waals surface area contributed by atoms with Crippen LogP contribution in [-0.4, -0.2) is 10.9 Å². The van der Waals surface area contributed by atoms with E-state index in [1.54, 1.807) is 0 Å². The maximum atomic E-state index is 15.6. The van der Waals surface area contributed by atoms with E-state index in [1.807, 2.05) is 152 Å². The minimum Gasteiger partial charge on any atom is -0.489 e. The van der Waals surface area contributed by atoms with Crippen LogP contribution in [0.4, 0.5) is 0 Å². The summed E-state index contributed by atoms with van der Waals surface area (Å²) in [5.41, 5.74) is 5.98. The smallest absolute Gasteiger partial charge is 0.179 e. The fourth-order valence-corrected chi connectivity index (χ4v) is 7.89. The highest BCUT2D eigenvalue weighted by Crippen LogP contribution is 2.59. The summed E-state index contributed by atoms with van der Waals surface area (Å²) in [5, 5.41) is 4.69. The Morgan fingerprint density at radius 1 is 0.545 bits per heavy atom. The molecule has 0 aliphatic heterocycles. The van der Waals surface area contributed by atoms with Gasteiger partial charge >= 0.3 is 0 Å². The van der Waals surface area contributed by atoms with Gasteiger partial charge in [-0.15, -0.1) is 0 Å². The predicted octanol–water partition coefficient (Wildman–Crippen LogP) is 10.5. The average Bonchev–Trinajstić information content (AvgIpc) is 3.69. The zero-order valence-electron chi connectivity index (χ0n) is 30.3. The first-order valence-corrected chi connectivity index (χ1v) is 18.7. The monoisotopic (exact) mass is 725 g/mol. The Bertz CT molecular complexity index is 2360. The van der Waals surface area contributed by atoms with Crippen LogP contribution in [0.15, 0.2) is 156 Å². The molecule has 1 atom stereocenters. The van der Waals surface area contributed by atoms with Crippen molar-refractivity contribution in [1.29, 1.82) is 0 Å². The minimum absolute atomic E-state index is 0.0728. The molecule has 0 saturated carbocycles. The number of ketones is 1. The largest absolute Gasteiger partial charge is 0.489 e. The summed E-state index contributed by atoms with van der Waals surface area (Å²) in [6.45, 7) is 1.24. The molecule has 0 spiro atoms. The number of nitrogens with zero attached hydrogens (tertiary/aromatic N) is 1. The van der Waals surface area contributed by atoms with Crippen molar-refractivity contribution in [3.05, 3.63) is 196 Å². The summed E-state index contributed by atoms with van der Waals surface area (Å²) >= 11 is 0. The minimum atomic E-state index is -1.22. The topological polar surface area (TPSA) is 80.0 Å². The molecular weight excluding hydrogens is 687 g/mol. The molecular formula is C48H39NO6. The van der Waals surface area contributed by atoms with E-state index in [4.69, 9.17) is 28.6 Å². The summed E-state index contributed by atoms with van der Waals surface area (Å²) in [7, 11) is 0. The fraction of sp³-hybridized carbons (Fsp3) is 0.167. The van der Waals surface area contributed by atoms with Gasteiger partial charge in [0.05, 0.1) is 16.5 Å². The first kappa shape index (κ1) is 34.2. The van der Waals surface area contributed by atoms with E-state index >= 15 is 4.79 Å². The summed E-state index contributed by atoms with van der Waals surface area (Å²) in [6, 6.07) is 49.5. The molecule has 7 aromatic rings. The molecule has 2 aliphatic rings. The van der Waals surface area contributed by atoms with E-state index in [0.717, 1.165) is 27.8 Å². The Balaban J connectivity index is 1.21. The highest BCUT2D eigenvalue weighted by molar-refractivity contribution is 6.16. The van der Waals surface area contributed by atoms with Crippen LogP contribution in [0.3, 0.4) is 0 Å². The van der Waals surface area contributed by atoms with E-state index < -0.39 is 5.41 Å². The third kappa shape index (κ3) is 6.63. The Morgan fingerprint density at radius 3 is 1.56 bits per heavy atom. The number of carbonyl (C=O) groups is 1. The van der Waals surface area contributed by atoms with Crippen LogP contribution in [0.25, 0.3) is 11.3 Å². The van der Waals surface area contributed by atoms with Crippen LogP contribution >= 0.6 is 0 Å². The van der Waals surface area contributed by atoms with Gasteiger partial charge < -0.3 is 23.5 Å². The summed E-state index contributed by atoms with van der Waals surface area (Å²) in [4.78, 5) is 15.6. The molecule has 55 heavy (non-hydrogen) atoms. The summed E-state index contributed by atoms with van der Waals surface area (Å²) in [6.07, 6.45) is 1.86. The van der Waals surface area contributed by atoms with Gasteiger partial charge in [0.25, 0.3) is 0 Å². The first-order chi connectivity index (χ1) is 27.2. The van der Waals surface area contributed by atoms with Crippen LogP contribution in [-0.2, 0) is 38.3 Å². The van der Waals surface area contributed by atoms with Crippen molar-refractivity contribution < 1.29 is 28.3 Å². The maximum Gasteiger partial charge on any atom is 0.179 e. The van der Waals surface area contributed by atoms with Crippen molar-refractivity contribution in [3.8, 4) is 34.3 Å². The molecule has 2 aliphatic carbocycles. The second-order valence-electron chi connectivity index (χ2n) is 14.0. The van der Waals surface area contributed by atoms with Gasteiger partial charge in [0.2, 0.25) is 0 Å². The number of hydrogen-bond donors (Lipinski definition) is 0. The molecule has 0 saturated heterocycles. The lowest BCUT2D eigenvalue weighted by Gasteiger charge is -2.41. The van der Waals surface area contributed by atoms with Crippen LogP contribution in [0.1, 0.15) is 62.3 Å². The Labute approximate surface area is 320 Å². The number of aromatic nitrogens is 1. The molecule has 1 aromatic heterocycles. The number of fused-ring (bicyclic) bond motifs is 2. The molecule has 0 amide bonds. The van der Waals surface area contributed by atoms with Crippen molar-refractivity contribution >= 4 is 5.78 Å². The van der Waals surface area contributed by atoms with Gasteiger partial charge in [-0.05, 0) is 41.2 Å². The molecule has 7 nitrogen and oxygen atoms in total. The van der Waals surface area contributed by atoms with Gasteiger partial charge in [-0.3, -0.25) is 4.79 Å². The van der Waals surface area contributed by atoms with Crippen molar-refractivity contribution in [2.24, 2.45) is 0 Å². The molecule has 1 unspecified atom stereocenters. The number of ether oxygens (including phenoxy) is 4. The quantitative estimate of drug-likeness (QED) is 0.117. The van der Waals surface area contributed by atoms with Crippen molar-refractivity contribution in [3.63, 3.8) is 0 Å². The second kappa shape index (κ2) is 15.0. The van der Waals surface area contributed by atoms with Gasteiger partial charge in [-0.2, -0.15) is 0 Å². The third-order valence-electron chi connectivity index (χ3n) is 10.5. The molecule has 7 heteroatoms. The normalized spacial score (nSPS) is 15.5. The highest BCUT2D eigenvalue weighted by Gasteiger charge is 2.56. The number of rotatable bonds is 13. The number of hydrogen-bond acceptors (Lipinski definition) is 7. The van der Waals surface area contributed by atoms with Gasteiger partial charge in [-0.25, -0.2) is 0 Å². The molecule has 0 N–H and O–H groups in total. The highest BCUT2D eigenvalue weighted by atomic mass is 16.5. The molecule has 9 rings (SSSR count).